The summed E-state index contributed by atoms with van der Waals surface area (Å²) < 4.78 is 0. The van der Waals surface area contributed by atoms with E-state index < -0.39 is 10.8 Å². The van der Waals surface area contributed by atoms with Crippen LogP contribution in [0.1, 0.15) is 99.3 Å². The van der Waals surface area contributed by atoms with E-state index >= 15 is 0 Å². The van der Waals surface area contributed by atoms with Gasteiger partial charge < -0.3 is 5.32 Å². The highest BCUT2D eigenvalue weighted by Crippen LogP contribution is 2.76. The van der Waals surface area contributed by atoms with E-state index in [-0.39, 0.29) is 51.1 Å². The van der Waals surface area contributed by atoms with Gasteiger partial charge in [0.15, 0.2) is 11.6 Å². The fourth-order valence-electron chi connectivity index (χ4n) is 10.7. The highest BCUT2D eigenvalue weighted by Gasteiger charge is 2.72. The minimum Gasteiger partial charge on any atom is -0.367 e. The van der Waals surface area contributed by atoms with Crippen molar-refractivity contribution in [1.82, 2.24) is 5.32 Å². The van der Waals surface area contributed by atoms with Crippen LogP contribution >= 0.6 is 0 Å². The summed E-state index contributed by atoms with van der Waals surface area (Å²) in [4.78, 5) is 31.8. The fourth-order valence-corrected chi connectivity index (χ4v) is 10.7. The minimum absolute atomic E-state index is 0.0373. The Bertz CT molecular complexity index is 1350. The molecule has 6 aliphatic rings. The first-order chi connectivity index (χ1) is 18.2. The molecule has 0 unspecified atom stereocenters. The highest BCUT2D eigenvalue weighted by atomic mass is 16.1. The summed E-state index contributed by atoms with van der Waals surface area (Å²) >= 11 is 0. The zero-order chi connectivity index (χ0) is 28.2. The second-order valence-electron chi connectivity index (χ2n) is 15.3. The van der Waals surface area contributed by atoms with Crippen molar-refractivity contribution >= 4 is 17.4 Å². The summed E-state index contributed by atoms with van der Waals surface area (Å²) in [5, 5.41) is 22.8. The van der Waals surface area contributed by atoms with E-state index in [2.05, 4.69) is 51.0 Å². The van der Waals surface area contributed by atoms with Crippen LogP contribution in [-0.4, -0.2) is 22.9 Å². The number of hydrogen-bond donors (Lipinski definition) is 1. The number of rotatable bonds is 1. The van der Waals surface area contributed by atoms with Crippen LogP contribution in [0.2, 0.25) is 0 Å². The van der Waals surface area contributed by atoms with Crippen LogP contribution in [0.3, 0.4) is 0 Å². The molecule has 206 valence electrons. The summed E-state index contributed by atoms with van der Waals surface area (Å²) in [6.07, 6.45) is 14.4. The molecule has 6 rings (SSSR count). The lowest BCUT2D eigenvalue weighted by atomic mass is 9.35. The van der Waals surface area contributed by atoms with Crippen LogP contribution in [0.4, 0.5) is 0 Å². The van der Waals surface area contributed by atoms with Gasteiger partial charge >= 0.3 is 0 Å². The lowest BCUT2D eigenvalue weighted by Crippen LogP contribution is -2.69. The summed E-state index contributed by atoms with van der Waals surface area (Å²) in [5.41, 5.74) is 0.0537. The van der Waals surface area contributed by atoms with Crippen molar-refractivity contribution in [3.8, 4) is 12.3 Å². The molecule has 1 N–H and O–H groups in total. The van der Waals surface area contributed by atoms with Gasteiger partial charge in [0.2, 0.25) is 6.19 Å². The predicted molar refractivity (Wildman–Crippen MR) is 149 cm³/mol. The van der Waals surface area contributed by atoms with E-state index in [9.17, 15) is 20.1 Å². The maximum absolute atomic E-state index is 14.5. The SMILES string of the molecule is C/C(=N\C#N)N[C@]12CCC(C)(C)C[C@H]1[C@H]1C(=O)C=C3[C@@]4(C)C=C(C#N)C(=O)C5(CC5)[C@@H]4CC[C@@]3(C)[C@]1(C)CC2. The molecule has 0 amide bonds. The van der Waals surface area contributed by atoms with Gasteiger partial charge in [-0.3, -0.25) is 9.59 Å². The van der Waals surface area contributed by atoms with Gasteiger partial charge in [0.05, 0.1) is 5.57 Å². The van der Waals surface area contributed by atoms with Crippen molar-refractivity contribution in [3.63, 3.8) is 0 Å². The first-order valence-corrected chi connectivity index (χ1v) is 14.9. The Morgan fingerprint density at radius 1 is 1.00 bits per heavy atom. The molecule has 4 fully saturated rings. The van der Waals surface area contributed by atoms with E-state index in [0.717, 1.165) is 57.8 Å². The van der Waals surface area contributed by atoms with Gasteiger partial charge in [0.25, 0.3) is 0 Å². The Labute approximate surface area is 233 Å². The van der Waals surface area contributed by atoms with Gasteiger partial charge in [-0.1, -0.05) is 46.3 Å². The Hall–Kier alpha value is -2.73. The summed E-state index contributed by atoms with van der Waals surface area (Å²) in [6, 6.07) is 2.23. The van der Waals surface area contributed by atoms with Crippen LogP contribution in [0, 0.1) is 67.6 Å². The number of nitrogens with one attached hydrogen (secondary N) is 1. The summed E-state index contributed by atoms with van der Waals surface area (Å²) in [7, 11) is 0. The number of hydrogen-bond acceptors (Lipinski definition) is 5. The van der Waals surface area contributed by atoms with Crippen molar-refractivity contribution in [1.29, 1.82) is 10.5 Å². The quantitative estimate of drug-likeness (QED) is 0.249. The molecular weight excluding hydrogens is 484 g/mol. The zero-order valence-electron chi connectivity index (χ0n) is 24.4. The second kappa shape index (κ2) is 7.93. The molecular formula is C33H42N4O2. The van der Waals surface area contributed by atoms with Crippen molar-refractivity contribution in [2.24, 2.45) is 49.8 Å². The smallest absolute Gasteiger partial charge is 0.207 e. The van der Waals surface area contributed by atoms with Gasteiger partial charge in [0, 0.05) is 22.3 Å². The zero-order valence-corrected chi connectivity index (χ0v) is 24.4. The molecule has 6 aliphatic carbocycles. The number of fused-ring (bicyclic) bond motifs is 8. The number of allylic oxidation sites excluding steroid dienone is 4. The maximum Gasteiger partial charge on any atom is 0.207 e. The van der Waals surface area contributed by atoms with E-state index in [1.807, 2.05) is 25.3 Å². The molecule has 0 aromatic carbocycles. The number of nitrogens with zero attached hydrogens (tertiary/aromatic N) is 3. The first-order valence-electron chi connectivity index (χ1n) is 14.9. The lowest BCUT2D eigenvalue weighted by Gasteiger charge is -2.69. The molecule has 0 bridgehead atoms. The topological polar surface area (TPSA) is 106 Å². The molecule has 39 heavy (non-hydrogen) atoms. The fraction of sp³-hybridized carbons (Fsp3) is 0.727. The molecule has 6 heteroatoms. The Balaban J connectivity index is 1.50. The van der Waals surface area contributed by atoms with Gasteiger partial charge in [-0.15, -0.1) is 0 Å². The number of aliphatic imine (C=N–C) groups is 1. The average Bonchev–Trinajstić information content (AvgIpc) is 3.65. The van der Waals surface area contributed by atoms with Crippen molar-refractivity contribution in [3.05, 3.63) is 23.3 Å². The van der Waals surface area contributed by atoms with Gasteiger partial charge in [-0.05, 0) is 98.9 Å². The predicted octanol–water partition coefficient (Wildman–Crippen LogP) is 6.20. The number of amidine groups is 1. The Kier molecular flexibility index (Phi) is 5.39. The Morgan fingerprint density at radius 3 is 2.33 bits per heavy atom. The monoisotopic (exact) mass is 526 g/mol. The molecule has 0 aromatic rings. The van der Waals surface area contributed by atoms with Crippen molar-refractivity contribution < 1.29 is 9.59 Å². The first kappa shape index (κ1) is 26.5. The Morgan fingerprint density at radius 2 is 1.69 bits per heavy atom. The standard InChI is InChI=1S/C33H42N4O2/c1-20(36-19-35)37-33-13-9-28(2,3)17-22(33)26-23(38)15-25-29(4)16-21(18-34)27(39)32(11-12-32)24(29)7-8-30(25,5)31(26,6)10-14-33/h15-16,22,24,26H,7-14,17H2,1-6H3,(H,36,37)/t22-,24+,26-,29-,30+,31+,33-/m0/s1. The molecule has 7 atom stereocenters. The van der Waals surface area contributed by atoms with Crippen LogP contribution in [-0.2, 0) is 9.59 Å². The van der Waals surface area contributed by atoms with E-state index in [1.165, 1.54) is 5.57 Å². The lowest BCUT2D eigenvalue weighted by molar-refractivity contribution is -0.158. The van der Waals surface area contributed by atoms with Crippen molar-refractivity contribution in [2.45, 2.75) is 105 Å². The maximum atomic E-state index is 14.5. The molecule has 0 aromatic heterocycles. The van der Waals surface area contributed by atoms with Crippen molar-refractivity contribution in [2.75, 3.05) is 0 Å². The third-order valence-electron chi connectivity index (χ3n) is 13.0. The van der Waals surface area contributed by atoms with Gasteiger partial charge in [-0.25, -0.2) is 0 Å². The number of carbonyl (C=O) groups excluding carboxylic acids is 2. The van der Waals surface area contributed by atoms with Gasteiger partial charge in [0.1, 0.15) is 11.9 Å². The van der Waals surface area contributed by atoms with E-state index in [0.29, 0.717) is 11.4 Å². The number of nitriles is 2. The highest BCUT2D eigenvalue weighted by molar-refractivity contribution is 6.06. The number of carbonyl (C=O) groups is 2. The number of ketones is 2. The van der Waals surface area contributed by atoms with Crippen LogP contribution in [0.15, 0.2) is 28.3 Å². The normalized spacial score (nSPS) is 45.3. The largest absolute Gasteiger partial charge is 0.367 e. The average molecular weight is 527 g/mol. The van der Waals surface area contributed by atoms with Crippen LogP contribution in [0.5, 0.6) is 0 Å². The number of Topliss-reactive ketones (excluding diaryl/α,β-unsaturated/α-hetero) is 1. The molecule has 0 aliphatic heterocycles. The van der Waals surface area contributed by atoms with E-state index in [4.69, 9.17) is 0 Å². The molecule has 0 radical (unpaired) electrons. The van der Waals surface area contributed by atoms with Gasteiger partial charge in [-0.2, -0.15) is 15.5 Å². The minimum atomic E-state index is -0.458. The third-order valence-corrected chi connectivity index (χ3v) is 13.0. The molecule has 4 saturated carbocycles. The molecule has 0 saturated heterocycles. The summed E-state index contributed by atoms with van der Waals surface area (Å²) in [5.74, 6) is 1.07. The summed E-state index contributed by atoms with van der Waals surface area (Å²) in [6.45, 7) is 13.5. The van der Waals surface area contributed by atoms with E-state index in [1.54, 1.807) is 0 Å². The molecule has 6 nitrogen and oxygen atoms in total. The van der Waals surface area contributed by atoms with Crippen LogP contribution in [0.25, 0.3) is 0 Å². The molecule has 0 heterocycles. The third kappa shape index (κ3) is 3.27. The van der Waals surface area contributed by atoms with Crippen LogP contribution < -0.4 is 5.32 Å². The molecule has 1 spiro atoms. The second-order valence-corrected chi connectivity index (χ2v) is 15.3.